The lowest BCUT2D eigenvalue weighted by molar-refractivity contribution is 0.0179. The molecule has 0 atom stereocenters. The second-order valence-electron chi connectivity index (χ2n) is 8.22. The van der Waals surface area contributed by atoms with E-state index in [0.29, 0.717) is 0 Å². The summed E-state index contributed by atoms with van der Waals surface area (Å²) in [5.74, 6) is 2.88. The minimum Gasteiger partial charge on any atom is -0.623 e. The Bertz CT molecular complexity index is 622. The van der Waals surface area contributed by atoms with Crippen molar-refractivity contribution in [1.29, 1.82) is 0 Å². The van der Waals surface area contributed by atoms with Crippen LogP contribution in [0.3, 0.4) is 0 Å². The van der Waals surface area contributed by atoms with E-state index in [1.54, 1.807) is 0 Å². The van der Waals surface area contributed by atoms with E-state index < -0.39 is 8.07 Å². The summed E-state index contributed by atoms with van der Waals surface area (Å²) < 4.78 is 0. The van der Waals surface area contributed by atoms with E-state index in [1.165, 1.54) is 49.1 Å². The molecule has 2 heteroatoms. The second-order valence-corrected chi connectivity index (χ2v) is 10.1. The van der Waals surface area contributed by atoms with Crippen LogP contribution in [0.2, 0.25) is 0 Å². The summed E-state index contributed by atoms with van der Waals surface area (Å²) in [5.41, 5.74) is 0.284. The molecule has 0 saturated heterocycles. The third-order valence-corrected chi connectivity index (χ3v) is 8.52. The minimum atomic E-state index is -0.587. The van der Waals surface area contributed by atoms with Gasteiger partial charge in [-0.3, -0.25) is 0 Å². The molecule has 24 heavy (non-hydrogen) atoms. The Labute approximate surface area is 146 Å². The number of hydrogen-bond donors (Lipinski definition) is 0. The van der Waals surface area contributed by atoms with Gasteiger partial charge >= 0.3 is 0 Å². The number of hydrogen-bond acceptors (Lipinski definition) is 0. The van der Waals surface area contributed by atoms with Crippen molar-refractivity contribution < 1.29 is 0 Å². The third kappa shape index (κ3) is 2.72. The summed E-state index contributed by atoms with van der Waals surface area (Å²) in [6.07, 6.45) is 8.54. The zero-order valence-corrected chi connectivity index (χ0v) is 15.0. The highest BCUT2D eigenvalue weighted by atomic mass is 31.1. The maximum atomic E-state index is 5.67. The number of nitrogens with zero attached hydrogens (tertiary/aromatic N) is 1. The molecule has 2 aromatic rings. The highest BCUT2D eigenvalue weighted by molar-refractivity contribution is 7.75. The van der Waals surface area contributed by atoms with Crippen LogP contribution < -0.4 is 10.6 Å². The largest absolute Gasteiger partial charge is 0.623 e. The van der Waals surface area contributed by atoms with Gasteiger partial charge in [0.2, 0.25) is 0 Å². The molecule has 0 N–H and O–H groups in total. The van der Waals surface area contributed by atoms with Gasteiger partial charge in [0.05, 0.1) is 0 Å². The third-order valence-electron chi connectivity index (χ3n) is 6.32. The van der Waals surface area contributed by atoms with Gasteiger partial charge in [-0.1, -0.05) is 79.9 Å². The lowest BCUT2D eigenvalue weighted by Crippen LogP contribution is -2.49. The van der Waals surface area contributed by atoms with Crippen LogP contribution in [0.4, 0.5) is 0 Å². The van der Waals surface area contributed by atoms with E-state index >= 15 is 0 Å². The summed E-state index contributed by atoms with van der Waals surface area (Å²) in [7, 11) is -0.587. The smallest absolute Gasteiger partial charge is 0.0401 e. The van der Waals surface area contributed by atoms with Gasteiger partial charge in [-0.25, -0.2) is 0 Å². The maximum Gasteiger partial charge on any atom is -0.0401 e. The molecule has 0 unspecified atom stereocenters. The zero-order valence-electron chi connectivity index (χ0n) is 14.1. The van der Waals surface area contributed by atoms with Gasteiger partial charge in [-0.15, -0.1) is 5.54 Å². The van der Waals surface area contributed by atoms with E-state index in [9.17, 15) is 0 Å². The number of rotatable bonds is 4. The Morgan fingerprint density at radius 1 is 0.667 bits per heavy atom. The van der Waals surface area contributed by atoms with Crippen LogP contribution >= 0.6 is 8.07 Å². The average Bonchev–Trinajstić information content (AvgIpc) is 2.60. The molecular formula is C22H25NP-. The lowest BCUT2D eigenvalue weighted by Gasteiger charge is -2.65. The first-order valence-electron chi connectivity index (χ1n) is 9.43. The molecule has 1 nitrogen and oxygen atoms in total. The van der Waals surface area contributed by atoms with Crippen LogP contribution in [-0.2, 0) is 0 Å². The second kappa shape index (κ2) is 5.97. The molecule has 0 aliphatic heterocycles. The molecule has 6 rings (SSSR count). The predicted molar refractivity (Wildman–Crippen MR) is 103 cm³/mol. The van der Waals surface area contributed by atoms with Gasteiger partial charge in [-0.05, 0) is 47.6 Å². The van der Waals surface area contributed by atoms with Crippen LogP contribution in [0.15, 0.2) is 60.7 Å². The van der Waals surface area contributed by atoms with Crippen LogP contribution in [-0.4, -0.2) is 5.54 Å². The van der Waals surface area contributed by atoms with Crippen LogP contribution in [0.1, 0.15) is 38.5 Å². The van der Waals surface area contributed by atoms with E-state index in [1.807, 2.05) is 0 Å². The fourth-order valence-corrected chi connectivity index (χ4v) is 7.91. The molecule has 124 valence electrons. The predicted octanol–water partition coefficient (Wildman–Crippen LogP) is 5.38. The van der Waals surface area contributed by atoms with Crippen molar-refractivity contribution in [2.45, 2.75) is 44.1 Å². The highest BCUT2D eigenvalue weighted by Crippen LogP contribution is 2.63. The Hall–Kier alpha value is -1.17. The van der Waals surface area contributed by atoms with Gasteiger partial charge in [0, 0.05) is 0 Å². The lowest BCUT2D eigenvalue weighted by atomic mass is 9.53. The average molecular weight is 334 g/mol. The maximum absolute atomic E-state index is 5.67. The van der Waals surface area contributed by atoms with Gasteiger partial charge < -0.3 is 5.09 Å². The first-order chi connectivity index (χ1) is 11.8. The van der Waals surface area contributed by atoms with Crippen molar-refractivity contribution in [3.8, 4) is 0 Å². The van der Waals surface area contributed by atoms with Crippen molar-refractivity contribution in [2.75, 3.05) is 0 Å². The monoisotopic (exact) mass is 334 g/mol. The van der Waals surface area contributed by atoms with Crippen molar-refractivity contribution in [3.63, 3.8) is 0 Å². The first-order valence-corrected chi connectivity index (χ1v) is 10.7. The van der Waals surface area contributed by atoms with Gasteiger partial charge in [0.15, 0.2) is 0 Å². The Kier molecular flexibility index (Phi) is 3.76. The van der Waals surface area contributed by atoms with E-state index in [0.717, 1.165) is 17.8 Å². The topological polar surface area (TPSA) is 14.1 Å². The van der Waals surface area contributed by atoms with E-state index in [2.05, 4.69) is 60.7 Å². The molecule has 2 aromatic carbocycles. The van der Waals surface area contributed by atoms with Gasteiger partial charge in [0.1, 0.15) is 0 Å². The summed E-state index contributed by atoms with van der Waals surface area (Å²) in [6.45, 7) is 0. The molecule has 4 fully saturated rings. The molecule has 0 aromatic heterocycles. The van der Waals surface area contributed by atoms with Crippen molar-refractivity contribution >= 4 is 18.7 Å². The molecule has 4 bridgehead atoms. The summed E-state index contributed by atoms with van der Waals surface area (Å²) >= 11 is 0. The SMILES string of the molecule is c1ccc(P([N-]C23CC4CC(CC(C4)C2)C3)c2ccccc2)cc1. The Balaban J connectivity index is 1.49. The molecule has 4 aliphatic rings. The quantitative estimate of drug-likeness (QED) is 0.667. The zero-order chi connectivity index (χ0) is 16.0. The highest BCUT2D eigenvalue weighted by Gasteiger charge is 2.46. The number of benzene rings is 2. The van der Waals surface area contributed by atoms with Gasteiger partial charge in [-0.2, -0.15) is 8.07 Å². The molecular weight excluding hydrogens is 309 g/mol. The molecule has 4 saturated carbocycles. The molecule has 0 radical (unpaired) electrons. The Morgan fingerprint density at radius 2 is 1.08 bits per heavy atom. The van der Waals surface area contributed by atoms with Crippen molar-refractivity contribution in [3.05, 3.63) is 65.8 Å². The van der Waals surface area contributed by atoms with Crippen LogP contribution in [0.5, 0.6) is 0 Å². The molecule has 0 amide bonds. The standard InChI is InChI=1S/C22H25NP/c1-3-7-20(8-4-1)24(21-9-5-2-6-10-21)23-22-14-17-11-18(15-22)13-19(12-17)16-22/h1-10,17-19H,11-16H2/q-1. The summed E-state index contributed by atoms with van der Waals surface area (Å²) in [4.78, 5) is 0. The summed E-state index contributed by atoms with van der Waals surface area (Å²) in [5, 5.41) is 8.50. The fourth-order valence-electron chi connectivity index (χ4n) is 5.80. The van der Waals surface area contributed by atoms with Gasteiger partial charge in [0.25, 0.3) is 0 Å². The van der Waals surface area contributed by atoms with Crippen LogP contribution in [0, 0.1) is 17.8 Å². The van der Waals surface area contributed by atoms with Crippen molar-refractivity contribution in [2.24, 2.45) is 17.8 Å². The molecule has 0 heterocycles. The molecule has 0 spiro atoms. The molecule has 4 aliphatic carbocycles. The first kappa shape index (κ1) is 15.1. The van der Waals surface area contributed by atoms with Crippen molar-refractivity contribution in [1.82, 2.24) is 0 Å². The van der Waals surface area contributed by atoms with E-state index in [4.69, 9.17) is 5.09 Å². The van der Waals surface area contributed by atoms with E-state index in [-0.39, 0.29) is 5.54 Å². The fraction of sp³-hybridized carbons (Fsp3) is 0.455. The minimum absolute atomic E-state index is 0.284. The normalized spacial score (nSPS) is 34.0. The summed E-state index contributed by atoms with van der Waals surface area (Å²) in [6, 6.07) is 22.0. The van der Waals surface area contributed by atoms with Crippen LogP contribution in [0.25, 0.3) is 5.09 Å². The Morgan fingerprint density at radius 3 is 1.50 bits per heavy atom.